The van der Waals surface area contributed by atoms with E-state index in [4.69, 9.17) is 14.3 Å². The van der Waals surface area contributed by atoms with Gasteiger partial charge in [-0.15, -0.1) is 0 Å². The molecule has 0 bridgehead atoms. The lowest BCUT2D eigenvalue weighted by atomic mass is 10.1. The molecule has 2 aromatic rings. The SMILES string of the molecule is CCc1cc2c(C)cc(=O)oc2cc1OC(C)C(=O)O. The predicted octanol–water partition coefficient (Wildman–Crippen LogP) is 2.52. The summed E-state index contributed by atoms with van der Waals surface area (Å²) in [6, 6.07) is 4.89. The second-order valence-corrected chi connectivity index (χ2v) is 4.66. The molecule has 0 spiro atoms. The lowest BCUT2D eigenvalue weighted by molar-refractivity contribution is -0.144. The van der Waals surface area contributed by atoms with Crippen LogP contribution >= 0.6 is 0 Å². The van der Waals surface area contributed by atoms with Gasteiger partial charge in [-0.1, -0.05) is 6.92 Å². The molecule has 5 nitrogen and oxygen atoms in total. The average molecular weight is 276 g/mol. The summed E-state index contributed by atoms with van der Waals surface area (Å²) in [6.45, 7) is 5.24. The first-order valence-corrected chi connectivity index (χ1v) is 6.39. The molecule has 5 heteroatoms. The Morgan fingerprint density at radius 2 is 2.10 bits per heavy atom. The molecule has 1 heterocycles. The number of hydrogen-bond acceptors (Lipinski definition) is 4. The highest BCUT2D eigenvalue weighted by Crippen LogP contribution is 2.28. The summed E-state index contributed by atoms with van der Waals surface area (Å²) in [5, 5.41) is 9.74. The summed E-state index contributed by atoms with van der Waals surface area (Å²) in [5.74, 6) is -0.610. The molecule has 106 valence electrons. The highest BCUT2D eigenvalue weighted by molar-refractivity contribution is 5.83. The van der Waals surface area contributed by atoms with Crippen molar-refractivity contribution in [3.63, 3.8) is 0 Å². The minimum absolute atomic E-state index is 0.403. The number of rotatable bonds is 4. The third kappa shape index (κ3) is 2.66. The van der Waals surface area contributed by atoms with E-state index in [0.29, 0.717) is 17.8 Å². The summed E-state index contributed by atoms with van der Waals surface area (Å²) in [7, 11) is 0. The first kappa shape index (κ1) is 14.1. The quantitative estimate of drug-likeness (QED) is 0.868. The van der Waals surface area contributed by atoms with Crippen LogP contribution in [0.1, 0.15) is 25.0 Å². The Morgan fingerprint density at radius 3 is 2.70 bits per heavy atom. The fourth-order valence-corrected chi connectivity index (χ4v) is 2.02. The van der Waals surface area contributed by atoms with Crippen molar-refractivity contribution >= 4 is 16.9 Å². The van der Waals surface area contributed by atoms with Gasteiger partial charge >= 0.3 is 11.6 Å². The number of fused-ring (bicyclic) bond motifs is 1. The van der Waals surface area contributed by atoms with Gasteiger partial charge in [-0.2, -0.15) is 0 Å². The van der Waals surface area contributed by atoms with Gasteiger partial charge in [0.2, 0.25) is 0 Å². The van der Waals surface area contributed by atoms with Crippen LogP contribution in [0.15, 0.2) is 27.4 Å². The van der Waals surface area contributed by atoms with E-state index in [1.807, 2.05) is 19.9 Å². The molecule has 1 unspecified atom stereocenters. The standard InChI is InChI=1S/C15H16O5/c1-4-10-6-11-8(2)5-14(16)20-13(11)7-12(10)19-9(3)15(17)18/h5-7,9H,4H2,1-3H3,(H,17,18). The Labute approximate surface area is 115 Å². The molecule has 0 aliphatic rings. The van der Waals surface area contributed by atoms with Crippen LogP contribution < -0.4 is 10.4 Å². The number of benzene rings is 1. The Bertz CT molecular complexity index is 714. The van der Waals surface area contributed by atoms with Crippen molar-refractivity contribution in [2.75, 3.05) is 0 Å². The van der Waals surface area contributed by atoms with E-state index in [0.717, 1.165) is 16.5 Å². The second kappa shape index (κ2) is 5.36. The molecule has 0 saturated carbocycles. The third-order valence-electron chi connectivity index (χ3n) is 3.16. The van der Waals surface area contributed by atoms with E-state index < -0.39 is 17.7 Å². The fourth-order valence-electron chi connectivity index (χ4n) is 2.02. The number of hydrogen-bond donors (Lipinski definition) is 1. The highest BCUT2D eigenvalue weighted by atomic mass is 16.5. The molecule has 20 heavy (non-hydrogen) atoms. The van der Waals surface area contributed by atoms with E-state index in [1.165, 1.54) is 13.0 Å². The predicted molar refractivity (Wildman–Crippen MR) is 74.3 cm³/mol. The second-order valence-electron chi connectivity index (χ2n) is 4.66. The van der Waals surface area contributed by atoms with Crippen molar-refractivity contribution in [2.24, 2.45) is 0 Å². The Hall–Kier alpha value is -2.30. The number of carbonyl (C=O) groups is 1. The van der Waals surface area contributed by atoms with E-state index in [-0.39, 0.29) is 0 Å². The van der Waals surface area contributed by atoms with E-state index in [2.05, 4.69) is 0 Å². The van der Waals surface area contributed by atoms with Gasteiger partial charge in [-0.3, -0.25) is 0 Å². The van der Waals surface area contributed by atoms with Gasteiger partial charge in [-0.25, -0.2) is 9.59 Å². The summed E-state index contributed by atoms with van der Waals surface area (Å²) < 4.78 is 10.6. The van der Waals surface area contributed by atoms with Gasteiger partial charge in [0.25, 0.3) is 0 Å². The zero-order chi connectivity index (χ0) is 14.9. The Kier molecular flexibility index (Phi) is 3.79. The molecular weight excluding hydrogens is 260 g/mol. The fraction of sp³-hybridized carbons (Fsp3) is 0.333. The zero-order valence-corrected chi connectivity index (χ0v) is 11.6. The van der Waals surface area contributed by atoms with Crippen LogP contribution in [0.3, 0.4) is 0 Å². The van der Waals surface area contributed by atoms with Crippen LogP contribution in [0.5, 0.6) is 5.75 Å². The van der Waals surface area contributed by atoms with Gasteiger partial charge < -0.3 is 14.3 Å². The van der Waals surface area contributed by atoms with Crippen LogP contribution in [0.25, 0.3) is 11.0 Å². The highest BCUT2D eigenvalue weighted by Gasteiger charge is 2.16. The minimum atomic E-state index is -1.04. The molecule has 1 N–H and O–H groups in total. The van der Waals surface area contributed by atoms with Gasteiger partial charge in [0.05, 0.1) is 0 Å². The molecule has 0 saturated heterocycles. The molecule has 1 atom stereocenters. The molecule has 1 aromatic carbocycles. The molecule has 0 aliphatic carbocycles. The van der Waals surface area contributed by atoms with Crippen LogP contribution in [-0.2, 0) is 11.2 Å². The van der Waals surface area contributed by atoms with E-state index in [9.17, 15) is 9.59 Å². The van der Waals surface area contributed by atoms with Crippen molar-refractivity contribution in [1.82, 2.24) is 0 Å². The number of carboxylic acids is 1. The maximum atomic E-state index is 11.4. The van der Waals surface area contributed by atoms with Crippen LogP contribution in [0, 0.1) is 6.92 Å². The minimum Gasteiger partial charge on any atom is -0.479 e. The summed E-state index contributed by atoms with van der Waals surface area (Å²) in [6.07, 6.45) is -0.273. The van der Waals surface area contributed by atoms with Gasteiger partial charge in [-0.05, 0) is 37.5 Å². The molecule has 0 radical (unpaired) electrons. The molecule has 0 amide bonds. The average Bonchev–Trinajstić information content (AvgIpc) is 2.37. The molecule has 0 fully saturated rings. The number of aliphatic carboxylic acids is 1. The summed E-state index contributed by atoms with van der Waals surface area (Å²) in [5.41, 5.74) is 1.67. The maximum absolute atomic E-state index is 11.4. The maximum Gasteiger partial charge on any atom is 0.344 e. The molecular formula is C15H16O5. The molecule has 1 aromatic heterocycles. The lowest BCUT2D eigenvalue weighted by Crippen LogP contribution is -2.23. The largest absolute Gasteiger partial charge is 0.479 e. The Morgan fingerprint density at radius 1 is 1.40 bits per heavy atom. The first-order chi connectivity index (χ1) is 9.42. The zero-order valence-electron chi connectivity index (χ0n) is 11.6. The van der Waals surface area contributed by atoms with Gasteiger partial charge in [0.15, 0.2) is 6.10 Å². The topological polar surface area (TPSA) is 76.7 Å². The van der Waals surface area contributed by atoms with Crippen molar-refractivity contribution in [1.29, 1.82) is 0 Å². The van der Waals surface area contributed by atoms with Gasteiger partial charge in [0.1, 0.15) is 11.3 Å². The molecule has 0 aliphatic heterocycles. The third-order valence-corrected chi connectivity index (χ3v) is 3.16. The smallest absolute Gasteiger partial charge is 0.344 e. The number of ether oxygens (including phenoxy) is 1. The van der Waals surface area contributed by atoms with E-state index in [1.54, 1.807) is 6.07 Å². The number of aryl methyl sites for hydroxylation is 2. The first-order valence-electron chi connectivity index (χ1n) is 6.39. The molecule has 2 rings (SSSR count). The summed E-state index contributed by atoms with van der Waals surface area (Å²) >= 11 is 0. The monoisotopic (exact) mass is 276 g/mol. The van der Waals surface area contributed by atoms with Gasteiger partial charge in [0, 0.05) is 17.5 Å². The summed E-state index contributed by atoms with van der Waals surface area (Å²) in [4.78, 5) is 22.3. The van der Waals surface area contributed by atoms with Crippen LogP contribution in [-0.4, -0.2) is 17.2 Å². The van der Waals surface area contributed by atoms with E-state index >= 15 is 0 Å². The lowest BCUT2D eigenvalue weighted by Gasteiger charge is -2.15. The van der Waals surface area contributed by atoms with Crippen LogP contribution in [0.2, 0.25) is 0 Å². The normalized spacial score (nSPS) is 12.3. The van der Waals surface area contributed by atoms with Crippen molar-refractivity contribution in [2.45, 2.75) is 33.3 Å². The van der Waals surface area contributed by atoms with Crippen molar-refractivity contribution in [3.8, 4) is 5.75 Å². The Balaban J connectivity index is 2.59. The van der Waals surface area contributed by atoms with Crippen LogP contribution in [0.4, 0.5) is 0 Å². The van der Waals surface area contributed by atoms with Crippen molar-refractivity contribution in [3.05, 3.63) is 39.7 Å². The number of carboxylic acid groups (broad SMARTS) is 1. The van der Waals surface area contributed by atoms with Crippen molar-refractivity contribution < 1.29 is 19.1 Å².